The molecule has 1 aromatic carbocycles. The number of hydrogen-bond acceptors (Lipinski definition) is 8. The van der Waals surface area contributed by atoms with Crippen molar-refractivity contribution >= 4 is 28.6 Å². The van der Waals surface area contributed by atoms with Crippen LogP contribution in [0.25, 0.3) is 11.2 Å². The third kappa shape index (κ3) is 6.38. The Morgan fingerprint density at radius 1 is 1.05 bits per heavy atom. The largest absolute Gasteiger partial charge is 0.573 e. The fraction of sp³-hybridized carbons (Fsp3) is 0.448. The highest BCUT2D eigenvalue weighted by atomic mass is 35.5. The van der Waals surface area contributed by atoms with Gasteiger partial charge in [-0.25, -0.2) is 9.37 Å². The van der Waals surface area contributed by atoms with Crippen molar-refractivity contribution in [2.45, 2.75) is 63.8 Å². The normalized spacial score (nSPS) is 22.3. The number of halogens is 5. The number of hydrogen-bond donors (Lipinski definition) is 0. The summed E-state index contributed by atoms with van der Waals surface area (Å²) < 4.78 is 63.9. The quantitative estimate of drug-likeness (QED) is 0.190. The molecule has 0 radical (unpaired) electrons. The number of fused-ring (bicyclic) bond motifs is 1. The SMILES string of the molecule is C[C@@H]1CN(c2nc(Cl)nc3c2ncn3CC2CCCO2)[C@@H](C)CN1C(c1ccc(F)cc1)c1ccc(OC(F)(F)F)cn1. The third-order valence-electron chi connectivity index (χ3n) is 7.94. The zero-order chi connectivity index (χ0) is 30.3. The summed E-state index contributed by atoms with van der Waals surface area (Å²) in [5.41, 5.74) is 2.55. The van der Waals surface area contributed by atoms with Crippen molar-refractivity contribution in [3.05, 3.63) is 71.3 Å². The number of anilines is 1. The predicted octanol–water partition coefficient (Wildman–Crippen LogP) is 5.78. The van der Waals surface area contributed by atoms with Crippen molar-refractivity contribution in [1.82, 2.24) is 29.4 Å². The average Bonchev–Trinajstić information content (AvgIpc) is 3.62. The second-order valence-corrected chi connectivity index (χ2v) is 11.3. The van der Waals surface area contributed by atoms with E-state index in [2.05, 4.69) is 41.4 Å². The van der Waals surface area contributed by atoms with E-state index in [4.69, 9.17) is 16.3 Å². The van der Waals surface area contributed by atoms with E-state index in [1.165, 1.54) is 24.3 Å². The molecule has 0 saturated carbocycles. The molecule has 5 heterocycles. The minimum absolute atomic E-state index is 0.0792. The summed E-state index contributed by atoms with van der Waals surface area (Å²) in [6.07, 6.45) is 0.0734. The van der Waals surface area contributed by atoms with Gasteiger partial charge < -0.3 is 18.9 Å². The molecule has 9 nitrogen and oxygen atoms in total. The molecule has 0 N–H and O–H groups in total. The molecule has 0 amide bonds. The number of pyridine rings is 1. The van der Waals surface area contributed by atoms with Crippen LogP contribution in [0.4, 0.5) is 23.4 Å². The van der Waals surface area contributed by atoms with Crippen LogP contribution in [-0.2, 0) is 11.3 Å². The number of aromatic nitrogens is 5. The van der Waals surface area contributed by atoms with E-state index < -0.39 is 18.2 Å². The van der Waals surface area contributed by atoms with Crippen molar-refractivity contribution in [3.63, 3.8) is 0 Å². The molecule has 4 aromatic rings. The Kier molecular flexibility index (Phi) is 8.14. The first-order valence-corrected chi connectivity index (χ1v) is 14.4. The van der Waals surface area contributed by atoms with E-state index in [0.717, 1.165) is 31.2 Å². The van der Waals surface area contributed by atoms with Crippen LogP contribution in [0.5, 0.6) is 5.75 Å². The fourth-order valence-electron chi connectivity index (χ4n) is 5.98. The molecule has 0 aliphatic carbocycles. The monoisotopic (exact) mass is 619 g/mol. The Hall–Kier alpha value is -3.55. The highest BCUT2D eigenvalue weighted by molar-refractivity contribution is 6.28. The summed E-state index contributed by atoms with van der Waals surface area (Å²) in [5.74, 6) is -0.173. The fourth-order valence-corrected chi connectivity index (χ4v) is 6.14. The minimum Gasteiger partial charge on any atom is -0.404 e. The van der Waals surface area contributed by atoms with Gasteiger partial charge in [0.15, 0.2) is 17.0 Å². The van der Waals surface area contributed by atoms with Crippen LogP contribution < -0.4 is 9.64 Å². The van der Waals surface area contributed by atoms with Crippen LogP contribution in [0.3, 0.4) is 0 Å². The van der Waals surface area contributed by atoms with Crippen LogP contribution in [-0.4, -0.2) is 73.6 Å². The number of nitrogens with zero attached hydrogens (tertiary/aromatic N) is 7. The number of ether oxygens (including phenoxy) is 2. The molecular formula is C29H30ClF4N7O2. The standard InChI is InChI=1S/C29H30ClF4N7O2/c1-17-14-41(27-24-26(37-28(30)38-27)39(16-36-24)15-22-4-3-11-42-22)18(2)13-40(17)25(19-5-7-20(31)8-6-19)23-10-9-21(12-35-23)43-29(32,33)34/h5-10,12,16-18,22,25H,3-4,11,13-15H2,1-2H3/t17-,18+,22?,25?/m1/s1. The molecule has 228 valence electrons. The Morgan fingerprint density at radius 3 is 2.51 bits per heavy atom. The Bertz CT molecular complexity index is 1560. The van der Waals surface area contributed by atoms with E-state index >= 15 is 0 Å². The molecule has 2 saturated heterocycles. The number of alkyl halides is 3. The second kappa shape index (κ2) is 11.9. The van der Waals surface area contributed by atoms with Gasteiger partial charge in [-0.05, 0) is 68.1 Å². The van der Waals surface area contributed by atoms with E-state index in [0.29, 0.717) is 42.3 Å². The van der Waals surface area contributed by atoms with Gasteiger partial charge in [-0.15, -0.1) is 13.2 Å². The van der Waals surface area contributed by atoms with E-state index in [1.807, 2.05) is 11.5 Å². The van der Waals surface area contributed by atoms with Gasteiger partial charge in [0, 0.05) is 31.8 Å². The predicted molar refractivity (Wildman–Crippen MR) is 151 cm³/mol. The van der Waals surface area contributed by atoms with Gasteiger partial charge in [-0.3, -0.25) is 9.88 Å². The van der Waals surface area contributed by atoms with Gasteiger partial charge in [-0.1, -0.05) is 12.1 Å². The van der Waals surface area contributed by atoms with Crippen LogP contribution >= 0.6 is 11.6 Å². The lowest BCUT2D eigenvalue weighted by molar-refractivity contribution is -0.274. The minimum atomic E-state index is -4.82. The summed E-state index contributed by atoms with van der Waals surface area (Å²) in [7, 11) is 0. The van der Waals surface area contributed by atoms with Crippen LogP contribution in [0.1, 0.15) is 44.0 Å². The topological polar surface area (TPSA) is 81.4 Å². The highest BCUT2D eigenvalue weighted by Crippen LogP contribution is 2.36. The molecule has 14 heteroatoms. The smallest absolute Gasteiger partial charge is 0.404 e. The van der Waals surface area contributed by atoms with Crippen LogP contribution in [0.15, 0.2) is 48.9 Å². The van der Waals surface area contributed by atoms with Gasteiger partial charge in [0.25, 0.3) is 0 Å². The number of benzene rings is 1. The molecule has 2 aliphatic rings. The molecule has 6 rings (SSSR count). The first kappa shape index (κ1) is 29.5. The third-order valence-corrected chi connectivity index (χ3v) is 8.11. The zero-order valence-corrected chi connectivity index (χ0v) is 24.3. The second-order valence-electron chi connectivity index (χ2n) is 11.0. The summed E-state index contributed by atoms with van der Waals surface area (Å²) >= 11 is 6.43. The Labute approximate surface area is 250 Å². The molecule has 43 heavy (non-hydrogen) atoms. The van der Waals surface area contributed by atoms with Crippen molar-refractivity contribution in [1.29, 1.82) is 0 Å². The maximum Gasteiger partial charge on any atom is 0.573 e. The van der Waals surface area contributed by atoms with E-state index in [9.17, 15) is 17.6 Å². The molecule has 2 fully saturated rings. The number of rotatable bonds is 7. The lowest BCUT2D eigenvalue weighted by atomic mass is 9.96. The maximum atomic E-state index is 13.9. The first-order chi connectivity index (χ1) is 20.6. The van der Waals surface area contributed by atoms with Crippen molar-refractivity contribution in [2.75, 3.05) is 24.6 Å². The number of imidazole rings is 1. The summed E-state index contributed by atoms with van der Waals surface area (Å²) in [5, 5.41) is 0.119. The lowest BCUT2D eigenvalue weighted by Gasteiger charge is -2.47. The molecule has 3 aromatic heterocycles. The maximum absolute atomic E-state index is 13.9. The van der Waals surface area contributed by atoms with Gasteiger partial charge in [-0.2, -0.15) is 9.97 Å². The molecule has 2 unspecified atom stereocenters. The van der Waals surface area contributed by atoms with Gasteiger partial charge in [0.2, 0.25) is 5.28 Å². The molecule has 0 bridgehead atoms. The molecule has 0 spiro atoms. The van der Waals surface area contributed by atoms with Crippen LogP contribution in [0.2, 0.25) is 5.28 Å². The summed E-state index contributed by atoms with van der Waals surface area (Å²) in [6.45, 7) is 6.55. The van der Waals surface area contributed by atoms with Crippen molar-refractivity contribution in [2.24, 2.45) is 0 Å². The van der Waals surface area contributed by atoms with Gasteiger partial charge >= 0.3 is 6.36 Å². The summed E-state index contributed by atoms with van der Waals surface area (Å²) in [4.78, 5) is 22.4. The average molecular weight is 620 g/mol. The van der Waals surface area contributed by atoms with Crippen LogP contribution in [0, 0.1) is 5.82 Å². The zero-order valence-electron chi connectivity index (χ0n) is 23.5. The Balaban J connectivity index is 1.30. The van der Waals surface area contributed by atoms with Crippen molar-refractivity contribution in [3.8, 4) is 5.75 Å². The Morgan fingerprint density at radius 2 is 1.84 bits per heavy atom. The molecule has 2 aliphatic heterocycles. The van der Waals surface area contributed by atoms with E-state index in [-0.39, 0.29) is 29.3 Å². The summed E-state index contributed by atoms with van der Waals surface area (Å²) in [6, 6.07) is 8.18. The first-order valence-electron chi connectivity index (χ1n) is 14.1. The van der Waals surface area contributed by atoms with E-state index in [1.54, 1.807) is 18.5 Å². The highest BCUT2D eigenvalue weighted by Gasteiger charge is 2.38. The van der Waals surface area contributed by atoms with Gasteiger partial charge in [0.05, 0.1) is 36.9 Å². The molecule has 4 atom stereocenters. The lowest BCUT2D eigenvalue weighted by Crippen LogP contribution is -2.57. The van der Waals surface area contributed by atoms with Gasteiger partial charge in [0.1, 0.15) is 11.6 Å². The number of piperazine rings is 1. The molecular weight excluding hydrogens is 590 g/mol. The van der Waals surface area contributed by atoms with Crippen molar-refractivity contribution < 1.29 is 27.0 Å².